The molecule has 0 saturated heterocycles. The van der Waals surface area contributed by atoms with Crippen LogP contribution in [0.3, 0.4) is 0 Å². The predicted octanol–water partition coefficient (Wildman–Crippen LogP) is 4.08. The van der Waals surface area contributed by atoms with Crippen molar-refractivity contribution in [1.29, 1.82) is 0 Å². The van der Waals surface area contributed by atoms with Crippen molar-refractivity contribution in [1.82, 2.24) is 0 Å². The summed E-state index contributed by atoms with van der Waals surface area (Å²) >= 11 is 0. The molecule has 0 aromatic heterocycles. The van der Waals surface area contributed by atoms with Gasteiger partial charge in [-0.15, -0.1) is 0 Å². The van der Waals surface area contributed by atoms with E-state index in [-0.39, 0.29) is 28.4 Å². The Hall–Kier alpha value is -3.30. The molecule has 0 aliphatic heterocycles. The normalized spacial score (nSPS) is 11.4. The largest absolute Gasteiger partial charge is 0.496 e. The Labute approximate surface area is 146 Å². The maximum absolute atomic E-state index is 12.7. The van der Waals surface area contributed by atoms with Crippen molar-refractivity contribution in [3.63, 3.8) is 0 Å². The summed E-state index contributed by atoms with van der Waals surface area (Å²) < 4.78 is 48.1. The monoisotopic (exact) mass is 369 g/mol. The second kappa shape index (κ2) is 7.72. The quantitative estimate of drug-likeness (QED) is 0.471. The molecule has 0 atom stereocenters. The average Bonchev–Trinajstić information content (AvgIpc) is 2.60. The van der Waals surface area contributed by atoms with Gasteiger partial charge in [-0.1, -0.05) is 6.07 Å². The van der Waals surface area contributed by atoms with Crippen molar-refractivity contribution in [2.45, 2.75) is 6.18 Å². The van der Waals surface area contributed by atoms with Crippen LogP contribution < -0.4 is 14.9 Å². The van der Waals surface area contributed by atoms with Gasteiger partial charge in [0.25, 0.3) is 0 Å². The van der Waals surface area contributed by atoms with Crippen LogP contribution in [0.25, 0.3) is 0 Å². The number of hydrazone groups is 1. The molecular formula is C16H14F3N3O4. The Morgan fingerprint density at radius 2 is 1.85 bits per heavy atom. The fourth-order valence-electron chi connectivity index (χ4n) is 2.09. The molecular weight excluding hydrogens is 355 g/mol. The summed E-state index contributed by atoms with van der Waals surface area (Å²) in [7, 11) is 2.64. The van der Waals surface area contributed by atoms with Gasteiger partial charge in [0.05, 0.1) is 36.6 Å². The number of alkyl halides is 3. The Morgan fingerprint density at radius 1 is 1.15 bits per heavy atom. The minimum absolute atomic E-state index is 0.00911. The zero-order valence-corrected chi connectivity index (χ0v) is 13.7. The highest BCUT2D eigenvalue weighted by atomic mass is 19.4. The summed E-state index contributed by atoms with van der Waals surface area (Å²) in [6.07, 6.45) is -3.27. The molecule has 138 valence electrons. The van der Waals surface area contributed by atoms with Crippen molar-refractivity contribution in [3.8, 4) is 11.5 Å². The molecule has 0 saturated carbocycles. The molecule has 10 heteroatoms. The molecule has 0 spiro atoms. The summed E-state index contributed by atoms with van der Waals surface area (Å²) in [5.74, 6) is 0.261. The van der Waals surface area contributed by atoms with Crippen LogP contribution in [0.4, 0.5) is 24.5 Å². The molecule has 2 rings (SSSR count). The third-order valence-electron chi connectivity index (χ3n) is 3.32. The number of halogens is 3. The van der Waals surface area contributed by atoms with Gasteiger partial charge >= 0.3 is 11.9 Å². The van der Waals surface area contributed by atoms with E-state index < -0.39 is 16.7 Å². The number of nitrogens with one attached hydrogen (secondary N) is 1. The smallest absolute Gasteiger partial charge is 0.416 e. The number of hydrogen-bond donors (Lipinski definition) is 1. The van der Waals surface area contributed by atoms with E-state index >= 15 is 0 Å². The lowest BCUT2D eigenvalue weighted by molar-refractivity contribution is -0.385. The number of ether oxygens (including phenoxy) is 2. The zero-order valence-electron chi connectivity index (χ0n) is 13.7. The summed E-state index contributed by atoms with van der Waals surface area (Å²) in [5.41, 5.74) is 1.68. The second-order valence-electron chi connectivity index (χ2n) is 4.97. The van der Waals surface area contributed by atoms with E-state index in [0.29, 0.717) is 0 Å². The first kappa shape index (κ1) is 19.0. The Bertz CT molecular complexity index is 838. The second-order valence-corrected chi connectivity index (χ2v) is 4.97. The van der Waals surface area contributed by atoms with E-state index in [9.17, 15) is 23.3 Å². The molecule has 0 fully saturated rings. The average molecular weight is 369 g/mol. The maximum Gasteiger partial charge on any atom is 0.416 e. The number of hydrogen-bond acceptors (Lipinski definition) is 6. The Balaban J connectivity index is 2.28. The first-order valence-electron chi connectivity index (χ1n) is 7.13. The van der Waals surface area contributed by atoms with Gasteiger partial charge in [0.2, 0.25) is 5.75 Å². The molecule has 0 unspecified atom stereocenters. The molecule has 0 radical (unpaired) electrons. The van der Waals surface area contributed by atoms with E-state index in [0.717, 1.165) is 12.1 Å². The lowest BCUT2D eigenvalue weighted by atomic mass is 10.1. The van der Waals surface area contributed by atoms with E-state index in [2.05, 4.69) is 10.5 Å². The van der Waals surface area contributed by atoms with Crippen LogP contribution in [-0.4, -0.2) is 25.4 Å². The van der Waals surface area contributed by atoms with Gasteiger partial charge < -0.3 is 9.47 Å². The first-order chi connectivity index (χ1) is 12.3. The van der Waals surface area contributed by atoms with Crippen molar-refractivity contribution in [2.24, 2.45) is 5.10 Å². The fraction of sp³-hybridized carbons (Fsp3) is 0.188. The highest BCUT2D eigenvalue weighted by molar-refractivity contribution is 5.86. The Kier molecular flexibility index (Phi) is 5.65. The number of nitro groups is 1. The fourth-order valence-corrected chi connectivity index (χ4v) is 2.09. The molecule has 7 nitrogen and oxygen atoms in total. The molecule has 26 heavy (non-hydrogen) atoms. The third kappa shape index (κ3) is 4.41. The number of rotatable bonds is 6. The van der Waals surface area contributed by atoms with Gasteiger partial charge in [0, 0.05) is 17.7 Å². The lowest BCUT2D eigenvalue weighted by Crippen LogP contribution is -2.05. The van der Waals surface area contributed by atoms with E-state index in [1.807, 2.05) is 0 Å². The SMILES string of the molecule is COc1cc(OC)c([N+](=O)[O-])cc1C=NNc1cccc(C(F)(F)F)c1. The van der Waals surface area contributed by atoms with Gasteiger partial charge in [-0.3, -0.25) is 15.5 Å². The van der Waals surface area contributed by atoms with Crippen molar-refractivity contribution in [2.75, 3.05) is 19.6 Å². The van der Waals surface area contributed by atoms with E-state index in [1.165, 1.54) is 44.7 Å². The van der Waals surface area contributed by atoms with Gasteiger partial charge in [-0.2, -0.15) is 18.3 Å². The number of anilines is 1. The predicted molar refractivity (Wildman–Crippen MR) is 88.9 cm³/mol. The van der Waals surface area contributed by atoms with Gasteiger partial charge in [-0.05, 0) is 18.2 Å². The van der Waals surface area contributed by atoms with Crippen LogP contribution in [0.1, 0.15) is 11.1 Å². The first-order valence-corrected chi connectivity index (χ1v) is 7.13. The van der Waals surface area contributed by atoms with Crippen molar-refractivity contribution in [3.05, 3.63) is 57.6 Å². The van der Waals surface area contributed by atoms with Crippen molar-refractivity contribution < 1.29 is 27.6 Å². The standard InChI is InChI=1S/C16H14F3N3O4/c1-25-14-8-15(26-2)13(22(23)24)6-10(14)9-20-21-12-5-3-4-11(7-12)16(17,18)19/h3-9,21H,1-2H3. The number of nitrogens with zero attached hydrogens (tertiary/aromatic N) is 2. The summed E-state index contributed by atoms with van der Waals surface area (Å²) in [6, 6.07) is 6.98. The van der Waals surface area contributed by atoms with E-state index in [1.54, 1.807) is 0 Å². The van der Waals surface area contributed by atoms with E-state index in [4.69, 9.17) is 9.47 Å². The van der Waals surface area contributed by atoms with Gasteiger partial charge in [0.15, 0.2) is 0 Å². The number of methoxy groups -OCH3 is 2. The summed E-state index contributed by atoms with van der Waals surface area (Å²) in [5, 5.41) is 14.9. The molecule has 2 aromatic rings. The van der Waals surface area contributed by atoms with Crippen LogP contribution in [0.5, 0.6) is 11.5 Å². The van der Waals surface area contributed by atoms with Crippen LogP contribution in [0.15, 0.2) is 41.5 Å². The van der Waals surface area contributed by atoms with Crippen LogP contribution in [0.2, 0.25) is 0 Å². The minimum Gasteiger partial charge on any atom is -0.496 e. The van der Waals surface area contributed by atoms with Crippen LogP contribution in [-0.2, 0) is 6.18 Å². The molecule has 0 bridgehead atoms. The molecule has 1 N–H and O–H groups in total. The van der Waals surface area contributed by atoms with Crippen molar-refractivity contribution >= 4 is 17.6 Å². The Morgan fingerprint density at radius 3 is 2.42 bits per heavy atom. The highest BCUT2D eigenvalue weighted by Gasteiger charge is 2.30. The highest BCUT2D eigenvalue weighted by Crippen LogP contribution is 2.34. The molecule has 2 aromatic carbocycles. The third-order valence-corrected chi connectivity index (χ3v) is 3.32. The molecule has 0 aliphatic carbocycles. The molecule has 0 heterocycles. The topological polar surface area (TPSA) is 86.0 Å². The maximum atomic E-state index is 12.7. The summed E-state index contributed by atoms with van der Waals surface area (Å²) in [6.45, 7) is 0. The van der Waals surface area contributed by atoms with Crippen LogP contribution in [0, 0.1) is 10.1 Å². The van der Waals surface area contributed by atoms with Gasteiger partial charge in [0.1, 0.15) is 5.75 Å². The van der Waals surface area contributed by atoms with Crippen LogP contribution >= 0.6 is 0 Å². The lowest BCUT2D eigenvalue weighted by Gasteiger charge is -2.09. The minimum atomic E-state index is -4.47. The molecule has 0 amide bonds. The van der Waals surface area contributed by atoms with Gasteiger partial charge in [-0.25, -0.2) is 0 Å². The summed E-state index contributed by atoms with van der Waals surface area (Å²) in [4.78, 5) is 10.4. The molecule has 0 aliphatic rings. The number of nitro benzene ring substituents is 1. The number of benzene rings is 2. The zero-order chi connectivity index (χ0) is 19.3.